The number of aryl methyl sites for hydroxylation is 2. The predicted octanol–water partition coefficient (Wildman–Crippen LogP) is 7.83. The van der Waals surface area contributed by atoms with Crippen LogP contribution in [0.25, 0.3) is 0 Å². The van der Waals surface area contributed by atoms with Gasteiger partial charge in [0.15, 0.2) is 5.11 Å². The first-order valence-electron chi connectivity index (χ1n) is 13.5. The lowest BCUT2D eigenvalue weighted by atomic mass is 9.96. The van der Waals surface area contributed by atoms with Crippen LogP contribution in [0.15, 0.2) is 109 Å². The Labute approximate surface area is 241 Å². The number of ether oxygens (including phenoxy) is 1. The molecule has 0 spiro atoms. The summed E-state index contributed by atoms with van der Waals surface area (Å²) in [6.07, 6.45) is 1.84. The predicted molar refractivity (Wildman–Crippen MR) is 165 cm³/mol. The van der Waals surface area contributed by atoms with Crippen molar-refractivity contribution >= 4 is 23.0 Å². The van der Waals surface area contributed by atoms with Gasteiger partial charge in [0.05, 0.1) is 17.8 Å². The van der Waals surface area contributed by atoms with Gasteiger partial charge in [0.1, 0.15) is 11.5 Å². The fourth-order valence-corrected chi connectivity index (χ4v) is 5.85. The Morgan fingerprint density at radius 2 is 1.50 bits per heavy atom. The van der Waals surface area contributed by atoms with Gasteiger partial charge in [-0.3, -0.25) is 4.98 Å². The summed E-state index contributed by atoms with van der Waals surface area (Å²) in [4.78, 5) is 6.94. The molecule has 0 saturated carbocycles. The molecule has 1 fully saturated rings. The van der Waals surface area contributed by atoms with Crippen molar-refractivity contribution in [2.45, 2.75) is 39.4 Å². The van der Waals surface area contributed by atoms with E-state index in [1.54, 1.807) is 0 Å². The Morgan fingerprint density at radius 1 is 0.825 bits per heavy atom. The normalized spacial score (nSPS) is 16.7. The highest BCUT2D eigenvalue weighted by atomic mass is 32.1. The zero-order chi connectivity index (χ0) is 27.6. The summed E-state index contributed by atoms with van der Waals surface area (Å²) in [5.41, 5.74) is 8.12. The Hall–Kier alpha value is -4.42. The zero-order valence-corrected chi connectivity index (χ0v) is 23.7. The lowest BCUT2D eigenvalue weighted by Gasteiger charge is -2.28. The van der Waals surface area contributed by atoms with Crippen LogP contribution in [0.5, 0.6) is 11.5 Å². The van der Waals surface area contributed by atoms with Crippen LogP contribution in [-0.4, -0.2) is 14.7 Å². The average molecular weight is 545 g/mol. The van der Waals surface area contributed by atoms with Gasteiger partial charge < -0.3 is 19.5 Å². The second-order valence-corrected chi connectivity index (χ2v) is 10.7. The summed E-state index contributed by atoms with van der Waals surface area (Å²) in [7, 11) is 0. The van der Waals surface area contributed by atoms with Crippen LogP contribution >= 0.6 is 12.2 Å². The number of nitrogens with one attached hydrogen (secondary N) is 1. The van der Waals surface area contributed by atoms with Gasteiger partial charge in [0.2, 0.25) is 0 Å². The number of thiocarbonyl (C=S) groups is 1. The zero-order valence-electron chi connectivity index (χ0n) is 22.9. The molecule has 3 aromatic carbocycles. The van der Waals surface area contributed by atoms with Crippen molar-refractivity contribution < 1.29 is 4.74 Å². The van der Waals surface area contributed by atoms with E-state index >= 15 is 0 Å². The third kappa shape index (κ3) is 5.10. The van der Waals surface area contributed by atoms with Gasteiger partial charge in [-0.2, -0.15) is 0 Å². The highest BCUT2D eigenvalue weighted by Gasteiger charge is 2.42. The second kappa shape index (κ2) is 11.0. The highest BCUT2D eigenvalue weighted by Crippen LogP contribution is 2.43. The standard InChI is InChI=1S/C34H32N4OS/c1-23-12-16-28(17-13-23)39-29-18-14-27(15-19-29)38-33(32(36-34(38)40)31-11-7-8-20-35-31)30-21-24(2)37(25(30)3)22-26-9-5-4-6-10-26/h4-21,32-33H,22H2,1-3H3,(H,36,40)/t32-,33-/m1/s1. The maximum absolute atomic E-state index is 6.09. The van der Waals surface area contributed by atoms with Crippen LogP contribution < -0.4 is 15.0 Å². The molecule has 6 rings (SSSR count). The Kier molecular flexibility index (Phi) is 7.10. The number of rotatable bonds is 7. The van der Waals surface area contributed by atoms with Crippen molar-refractivity contribution in [1.82, 2.24) is 14.9 Å². The van der Waals surface area contributed by atoms with Gasteiger partial charge in [-0.25, -0.2) is 0 Å². The summed E-state index contributed by atoms with van der Waals surface area (Å²) in [6, 6.07) is 35.0. The van der Waals surface area contributed by atoms with E-state index in [-0.39, 0.29) is 12.1 Å². The summed E-state index contributed by atoms with van der Waals surface area (Å²) in [5.74, 6) is 1.60. The maximum atomic E-state index is 6.09. The van der Waals surface area contributed by atoms with Gasteiger partial charge in [0.25, 0.3) is 0 Å². The van der Waals surface area contributed by atoms with E-state index in [9.17, 15) is 0 Å². The smallest absolute Gasteiger partial charge is 0.174 e. The van der Waals surface area contributed by atoms with Crippen LogP contribution in [-0.2, 0) is 6.54 Å². The van der Waals surface area contributed by atoms with Crippen LogP contribution in [0, 0.1) is 20.8 Å². The molecule has 5 aromatic rings. The van der Waals surface area contributed by atoms with Crippen molar-refractivity contribution in [1.29, 1.82) is 0 Å². The summed E-state index contributed by atoms with van der Waals surface area (Å²) < 4.78 is 8.48. The topological polar surface area (TPSA) is 42.3 Å². The van der Waals surface area contributed by atoms with E-state index in [4.69, 9.17) is 21.9 Å². The van der Waals surface area contributed by atoms with Crippen molar-refractivity contribution in [3.05, 3.63) is 143 Å². The molecule has 0 aliphatic carbocycles. The summed E-state index contributed by atoms with van der Waals surface area (Å²) in [5, 5.41) is 4.27. The molecule has 200 valence electrons. The Bertz CT molecular complexity index is 1610. The molecule has 0 bridgehead atoms. The molecule has 0 radical (unpaired) electrons. The number of aromatic nitrogens is 2. The largest absolute Gasteiger partial charge is 0.457 e. The van der Waals surface area contributed by atoms with E-state index < -0.39 is 0 Å². The van der Waals surface area contributed by atoms with Gasteiger partial charge >= 0.3 is 0 Å². The molecule has 2 aromatic heterocycles. The van der Waals surface area contributed by atoms with Gasteiger partial charge in [-0.05, 0) is 98.7 Å². The maximum Gasteiger partial charge on any atom is 0.174 e. The number of anilines is 1. The molecule has 1 saturated heterocycles. The first kappa shape index (κ1) is 25.8. The molecule has 1 N–H and O–H groups in total. The van der Waals surface area contributed by atoms with Gasteiger partial charge in [-0.15, -0.1) is 0 Å². The molecule has 0 amide bonds. The Morgan fingerprint density at radius 3 is 2.17 bits per heavy atom. The van der Waals surface area contributed by atoms with Crippen molar-refractivity contribution in [2.75, 3.05) is 4.90 Å². The van der Waals surface area contributed by atoms with Crippen LogP contribution in [0.4, 0.5) is 5.69 Å². The van der Waals surface area contributed by atoms with Crippen molar-refractivity contribution in [2.24, 2.45) is 0 Å². The lowest BCUT2D eigenvalue weighted by molar-refractivity contribution is 0.482. The number of hydrogen-bond donors (Lipinski definition) is 1. The SMILES string of the molecule is Cc1ccc(Oc2ccc(N3C(=S)N[C@H](c4ccccn4)[C@H]3c3cc(C)n(Cc4ccccc4)c3C)cc2)cc1. The lowest BCUT2D eigenvalue weighted by Crippen LogP contribution is -2.29. The van der Waals surface area contributed by atoms with Crippen LogP contribution in [0.2, 0.25) is 0 Å². The number of nitrogens with zero attached hydrogens (tertiary/aromatic N) is 3. The van der Waals surface area contributed by atoms with E-state index in [1.807, 2.05) is 42.6 Å². The first-order chi connectivity index (χ1) is 19.5. The number of hydrogen-bond acceptors (Lipinski definition) is 3. The monoisotopic (exact) mass is 544 g/mol. The fraction of sp³-hybridized carbons (Fsp3) is 0.176. The number of pyridine rings is 1. The number of benzene rings is 3. The highest BCUT2D eigenvalue weighted by molar-refractivity contribution is 7.80. The Balaban J connectivity index is 1.37. The van der Waals surface area contributed by atoms with Gasteiger partial charge in [0, 0.05) is 29.8 Å². The van der Waals surface area contributed by atoms with Crippen molar-refractivity contribution in [3.63, 3.8) is 0 Å². The third-order valence-corrected chi connectivity index (χ3v) is 7.90. The van der Waals surface area contributed by atoms with Crippen LogP contribution in [0.3, 0.4) is 0 Å². The minimum absolute atomic E-state index is 0.0676. The van der Waals surface area contributed by atoms with E-state index in [1.165, 1.54) is 28.1 Å². The minimum Gasteiger partial charge on any atom is -0.457 e. The average Bonchev–Trinajstić information content (AvgIpc) is 3.46. The minimum atomic E-state index is -0.0946. The van der Waals surface area contributed by atoms with Crippen LogP contribution in [0.1, 0.15) is 45.9 Å². The summed E-state index contributed by atoms with van der Waals surface area (Å²) >= 11 is 5.96. The third-order valence-electron chi connectivity index (χ3n) is 7.58. The second-order valence-electron chi connectivity index (χ2n) is 10.3. The molecule has 1 aliphatic rings. The van der Waals surface area contributed by atoms with E-state index in [0.29, 0.717) is 5.11 Å². The molecule has 3 heterocycles. The molecular formula is C34H32N4OS. The quantitative estimate of drug-likeness (QED) is 0.212. The fourth-order valence-electron chi connectivity index (χ4n) is 5.50. The molecule has 2 atom stereocenters. The molecular weight excluding hydrogens is 512 g/mol. The first-order valence-corrected chi connectivity index (χ1v) is 13.9. The van der Waals surface area contributed by atoms with E-state index in [2.05, 4.69) is 102 Å². The molecule has 0 unspecified atom stereocenters. The summed E-state index contributed by atoms with van der Waals surface area (Å²) in [6.45, 7) is 7.28. The molecule has 5 nitrogen and oxygen atoms in total. The van der Waals surface area contributed by atoms with Gasteiger partial charge in [-0.1, -0.05) is 54.1 Å². The molecule has 1 aliphatic heterocycles. The van der Waals surface area contributed by atoms with E-state index in [0.717, 1.165) is 29.4 Å². The molecule has 6 heteroatoms. The molecule has 40 heavy (non-hydrogen) atoms. The van der Waals surface area contributed by atoms with Crippen molar-refractivity contribution in [3.8, 4) is 11.5 Å².